The van der Waals surface area contributed by atoms with Gasteiger partial charge in [-0.3, -0.25) is 4.98 Å². The molecule has 1 N–H and O–H groups in total. The monoisotopic (exact) mass is 264 g/mol. The van der Waals surface area contributed by atoms with Crippen molar-refractivity contribution in [2.24, 2.45) is 0 Å². The van der Waals surface area contributed by atoms with E-state index in [0.29, 0.717) is 5.02 Å². The summed E-state index contributed by atoms with van der Waals surface area (Å²) in [6.45, 7) is 0. The normalized spacial score (nSPS) is 12.4. The molecule has 94 valence electrons. The third kappa shape index (κ3) is 3.28. The first kappa shape index (κ1) is 13.0. The predicted octanol–water partition coefficient (Wildman–Crippen LogP) is 3.38. The first-order valence-corrected chi connectivity index (χ1v) is 6.09. The van der Waals surface area contributed by atoms with E-state index in [0.717, 1.165) is 17.5 Å². The number of nitrogens with zero attached hydrogens (tertiary/aromatic N) is 1. The molecule has 1 atom stereocenters. The predicted molar refractivity (Wildman–Crippen MR) is 71.2 cm³/mol. The van der Waals surface area contributed by atoms with Crippen LogP contribution in [0.2, 0.25) is 5.02 Å². The molecule has 2 rings (SSSR count). The van der Waals surface area contributed by atoms with Crippen LogP contribution >= 0.6 is 11.6 Å². The van der Waals surface area contributed by atoms with Crippen LogP contribution in [0.1, 0.15) is 17.2 Å². The molecule has 1 unspecified atom stereocenters. The lowest BCUT2D eigenvalue weighted by Crippen LogP contribution is -2.19. The van der Waals surface area contributed by atoms with Crippen molar-refractivity contribution < 1.29 is 4.39 Å². The standard InChI is InChI=1S/C14H14ClFN2/c1-17-14(11-7-13(16)9-18-8-11)6-10-3-2-4-12(15)5-10/h2-5,7-9,14,17H,6H2,1H3. The zero-order valence-corrected chi connectivity index (χ0v) is 10.8. The van der Waals surface area contributed by atoms with Crippen LogP contribution < -0.4 is 5.32 Å². The van der Waals surface area contributed by atoms with Gasteiger partial charge in [-0.1, -0.05) is 23.7 Å². The maximum atomic E-state index is 13.2. The van der Waals surface area contributed by atoms with Crippen LogP contribution in [0.15, 0.2) is 42.7 Å². The molecule has 0 spiro atoms. The zero-order chi connectivity index (χ0) is 13.0. The molecular weight excluding hydrogens is 251 g/mol. The van der Waals surface area contributed by atoms with E-state index >= 15 is 0 Å². The third-order valence-corrected chi connectivity index (χ3v) is 3.04. The average Bonchev–Trinajstić information content (AvgIpc) is 2.36. The molecule has 1 aromatic heterocycles. The molecule has 1 aromatic carbocycles. The Bertz CT molecular complexity index is 531. The van der Waals surface area contributed by atoms with Gasteiger partial charge in [0.2, 0.25) is 0 Å². The average molecular weight is 265 g/mol. The quantitative estimate of drug-likeness (QED) is 0.916. The molecule has 0 radical (unpaired) electrons. The Morgan fingerprint density at radius 1 is 1.33 bits per heavy atom. The maximum absolute atomic E-state index is 13.2. The summed E-state index contributed by atoms with van der Waals surface area (Å²) in [6.07, 6.45) is 3.62. The van der Waals surface area contributed by atoms with E-state index in [9.17, 15) is 4.39 Å². The third-order valence-electron chi connectivity index (χ3n) is 2.81. The second-order valence-corrected chi connectivity index (χ2v) is 4.55. The summed E-state index contributed by atoms with van der Waals surface area (Å²) in [6, 6.07) is 9.18. The van der Waals surface area contributed by atoms with E-state index in [1.807, 2.05) is 31.3 Å². The molecule has 1 heterocycles. The van der Waals surface area contributed by atoms with Crippen LogP contribution in [0.25, 0.3) is 0 Å². The number of benzene rings is 1. The van der Waals surface area contributed by atoms with E-state index < -0.39 is 0 Å². The van der Waals surface area contributed by atoms with Crippen molar-refractivity contribution >= 4 is 11.6 Å². The highest BCUT2D eigenvalue weighted by Gasteiger charge is 2.11. The second kappa shape index (κ2) is 5.94. The highest BCUT2D eigenvalue weighted by Crippen LogP contribution is 2.20. The Morgan fingerprint density at radius 2 is 2.17 bits per heavy atom. The summed E-state index contributed by atoms with van der Waals surface area (Å²) >= 11 is 5.95. The van der Waals surface area contributed by atoms with Crippen LogP contribution in [-0.2, 0) is 6.42 Å². The van der Waals surface area contributed by atoms with Crippen LogP contribution in [0, 0.1) is 5.82 Å². The minimum absolute atomic E-state index is 0.0201. The lowest BCUT2D eigenvalue weighted by atomic mass is 10.0. The topological polar surface area (TPSA) is 24.9 Å². The Balaban J connectivity index is 2.19. The van der Waals surface area contributed by atoms with Crippen molar-refractivity contribution in [3.63, 3.8) is 0 Å². The number of aromatic nitrogens is 1. The molecule has 2 aromatic rings. The lowest BCUT2D eigenvalue weighted by Gasteiger charge is -2.16. The summed E-state index contributed by atoms with van der Waals surface area (Å²) in [4.78, 5) is 3.87. The maximum Gasteiger partial charge on any atom is 0.141 e. The van der Waals surface area contributed by atoms with Gasteiger partial charge >= 0.3 is 0 Å². The Hall–Kier alpha value is -1.45. The van der Waals surface area contributed by atoms with Crippen LogP contribution in [-0.4, -0.2) is 12.0 Å². The molecule has 0 aliphatic heterocycles. The summed E-state index contributed by atoms with van der Waals surface area (Å²) < 4.78 is 13.2. The van der Waals surface area contributed by atoms with Gasteiger partial charge in [-0.2, -0.15) is 0 Å². The molecular formula is C14H14ClFN2. The number of pyridine rings is 1. The van der Waals surface area contributed by atoms with Crippen LogP contribution in [0.5, 0.6) is 0 Å². The summed E-state index contributed by atoms with van der Waals surface area (Å²) in [5.74, 6) is -0.321. The van der Waals surface area contributed by atoms with Crippen molar-refractivity contribution in [3.8, 4) is 0 Å². The first-order valence-electron chi connectivity index (χ1n) is 5.71. The van der Waals surface area contributed by atoms with Gasteiger partial charge in [0.25, 0.3) is 0 Å². The summed E-state index contributed by atoms with van der Waals surface area (Å²) in [7, 11) is 1.85. The number of rotatable bonds is 4. The fraction of sp³-hybridized carbons (Fsp3) is 0.214. The number of hydrogen-bond donors (Lipinski definition) is 1. The smallest absolute Gasteiger partial charge is 0.141 e. The van der Waals surface area contributed by atoms with Gasteiger partial charge in [-0.15, -0.1) is 0 Å². The minimum Gasteiger partial charge on any atom is -0.313 e. The Labute approximate surface area is 111 Å². The molecule has 2 nitrogen and oxygen atoms in total. The first-order chi connectivity index (χ1) is 8.69. The molecule has 0 amide bonds. The fourth-order valence-corrected chi connectivity index (χ4v) is 2.12. The summed E-state index contributed by atoms with van der Waals surface area (Å²) in [5.41, 5.74) is 1.93. The number of nitrogens with one attached hydrogen (secondary N) is 1. The van der Waals surface area contributed by atoms with Gasteiger partial charge in [0, 0.05) is 17.3 Å². The van der Waals surface area contributed by atoms with Gasteiger partial charge < -0.3 is 5.32 Å². The Kier molecular flexibility index (Phi) is 4.28. The van der Waals surface area contributed by atoms with Crippen LogP contribution in [0.3, 0.4) is 0 Å². The largest absolute Gasteiger partial charge is 0.313 e. The van der Waals surface area contributed by atoms with Crippen LogP contribution in [0.4, 0.5) is 4.39 Å². The number of halogens is 2. The highest BCUT2D eigenvalue weighted by molar-refractivity contribution is 6.30. The SMILES string of the molecule is CNC(Cc1cccc(Cl)c1)c1cncc(F)c1. The molecule has 0 saturated heterocycles. The van der Waals surface area contributed by atoms with Crippen molar-refractivity contribution in [2.75, 3.05) is 7.05 Å². The van der Waals surface area contributed by atoms with E-state index in [4.69, 9.17) is 11.6 Å². The molecule has 0 bridgehead atoms. The van der Waals surface area contributed by atoms with Crippen molar-refractivity contribution in [1.82, 2.24) is 10.3 Å². The summed E-state index contributed by atoms with van der Waals surface area (Å²) in [5, 5.41) is 3.87. The van der Waals surface area contributed by atoms with E-state index in [1.165, 1.54) is 12.3 Å². The fourth-order valence-electron chi connectivity index (χ4n) is 1.91. The minimum atomic E-state index is -0.321. The van der Waals surface area contributed by atoms with E-state index in [2.05, 4.69) is 10.3 Å². The lowest BCUT2D eigenvalue weighted by molar-refractivity contribution is 0.572. The van der Waals surface area contributed by atoms with Gasteiger partial charge in [0.05, 0.1) is 6.20 Å². The molecule has 0 aliphatic carbocycles. The number of likely N-dealkylation sites (N-methyl/N-ethyl adjacent to an activating group) is 1. The molecule has 4 heteroatoms. The van der Waals surface area contributed by atoms with Gasteiger partial charge in [0.1, 0.15) is 5.82 Å². The van der Waals surface area contributed by atoms with E-state index in [1.54, 1.807) is 6.20 Å². The second-order valence-electron chi connectivity index (χ2n) is 4.11. The highest BCUT2D eigenvalue weighted by atomic mass is 35.5. The van der Waals surface area contributed by atoms with Crippen molar-refractivity contribution in [1.29, 1.82) is 0 Å². The van der Waals surface area contributed by atoms with Gasteiger partial charge in [0.15, 0.2) is 0 Å². The zero-order valence-electron chi connectivity index (χ0n) is 10.0. The van der Waals surface area contributed by atoms with E-state index in [-0.39, 0.29) is 11.9 Å². The van der Waals surface area contributed by atoms with Gasteiger partial charge in [-0.25, -0.2) is 4.39 Å². The molecule has 0 saturated carbocycles. The van der Waals surface area contributed by atoms with Crippen molar-refractivity contribution in [2.45, 2.75) is 12.5 Å². The number of hydrogen-bond acceptors (Lipinski definition) is 2. The van der Waals surface area contributed by atoms with Crippen molar-refractivity contribution in [3.05, 3.63) is 64.7 Å². The molecule has 0 aliphatic rings. The molecule has 0 fully saturated rings. The Morgan fingerprint density at radius 3 is 2.83 bits per heavy atom. The van der Waals surface area contributed by atoms with Gasteiger partial charge in [-0.05, 0) is 42.8 Å². The molecule has 18 heavy (non-hydrogen) atoms.